The summed E-state index contributed by atoms with van der Waals surface area (Å²) in [5.41, 5.74) is 1.31. The summed E-state index contributed by atoms with van der Waals surface area (Å²) in [4.78, 5) is 16.9. The van der Waals surface area contributed by atoms with Crippen LogP contribution in [0.4, 0.5) is 4.79 Å². The minimum atomic E-state index is -0.745. The van der Waals surface area contributed by atoms with Gasteiger partial charge in [-0.3, -0.25) is 4.98 Å². The Bertz CT molecular complexity index is 407. The number of amides is 1. The molecule has 2 fully saturated rings. The summed E-state index contributed by atoms with van der Waals surface area (Å²) in [6.07, 6.45) is 6.88. The van der Waals surface area contributed by atoms with Crippen LogP contribution in [0.2, 0.25) is 0 Å². The van der Waals surface area contributed by atoms with Crippen molar-refractivity contribution in [1.29, 1.82) is 0 Å². The second kappa shape index (κ2) is 4.02. The van der Waals surface area contributed by atoms with E-state index in [1.54, 1.807) is 4.90 Å². The van der Waals surface area contributed by atoms with Crippen molar-refractivity contribution in [3.8, 4) is 0 Å². The summed E-state index contributed by atoms with van der Waals surface area (Å²) in [7, 11) is 0. The molecule has 1 N–H and O–H groups in total. The first-order valence-electron chi connectivity index (χ1n) is 6.17. The van der Waals surface area contributed by atoms with Gasteiger partial charge in [0.05, 0.1) is 0 Å². The van der Waals surface area contributed by atoms with E-state index in [9.17, 15) is 9.90 Å². The molecule has 3 heterocycles. The third kappa shape index (κ3) is 1.77. The van der Waals surface area contributed by atoms with E-state index < -0.39 is 6.09 Å². The fourth-order valence-corrected chi connectivity index (χ4v) is 3.40. The molecule has 2 aliphatic heterocycles. The van der Waals surface area contributed by atoms with Gasteiger partial charge >= 0.3 is 6.09 Å². The van der Waals surface area contributed by atoms with Gasteiger partial charge in [0.15, 0.2) is 0 Å². The molecule has 1 aromatic heterocycles. The number of rotatable bonds is 1. The van der Waals surface area contributed by atoms with Crippen LogP contribution in [0.3, 0.4) is 0 Å². The first kappa shape index (κ1) is 10.6. The number of aromatic nitrogens is 1. The van der Waals surface area contributed by atoms with E-state index in [1.165, 1.54) is 5.56 Å². The highest BCUT2D eigenvalue weighted by Gasteiger charge is 2.43. The average molecular weight is 232 g/mol. The van der Waals surface area contributed by atoms with E-state index in [2.05, 4.69) is 17.1 Å². The van der Waals surface area contributed by atoms with Gasteiger partial charge in [-0.15, -0.1) is 0 Å². The molecule has 4 nitrogen and oxygen atoms in total. The maximum atomic E-state index is 11.2. The molecule has 2 bridgehead atoms. The van der Waals surface area contributed by atoms with Gasteiger partial charge in [0.1, 0.15) is 0 Å². The van der Waals surface area contributed by atoms with Crippen LogP contribution in [-0.4, -0.2) is 33.2 Å². The quantitative estimate of drug-likeness (QED) is 0.809. The zero-order valence-electron chi connectivity index (χ0n) is 9.62. The molecule has 2 aliphatic rings. The zero-order chi connectivity index (χ0) is 11.8. The molecule has 3 rings (SSSR count). The Morgan fingerprint density at radius 2 is 1.82 bits per heavy atom. The first-order chi connectivity index (χ1) is 8.25. The molecule has 1 aromatic rings. The van der Waals surface area contributed by atoms with E-state index in [4.69, 9.17) is 0 Å². The lowest BCUT2D eigenvalue weighted by atomic mass is 9.86. The minimum absolute atomic E-state index is 0.226. The highest BCUT2D eigenvalue weighted by Crippen LogP contribution is 2.42. The van der Waals surface area contributed by atoms with Crippen molar-refractivity contribution in [2.24, 2.45) is 0 Å². The number of hydrogen-bond donors (Lipinski definition) is 1. The standard InChI is InChI=1S/C13H16N2O2/c16-13(17)15-11-1-2-12(15)8-10(7-11)9-3-5-14-6-4-9/h3-6,10-12H,1-2,7-8H2,(H,16,17)/t10-,11-,12+. The molecule has 0 aliphatic carbocycles. The van der Waals surface area contributed by atoms with Crippen LogP contribution in [0.1, 0.15) is 37.2 Å². The van der Waals surface area contributed by atoms with Crippen molar-refractivity contribution >= 4 is 6.09 Å². The minimum Gasteiger partial charge on any atom is -0.465 e. The smallest absolute Gasteiger partial charge is 0.407 e. The number of fused-ring (bicyclic) bond motifs is 2. The summed E-state index contributed by atoms with van der Waals surface area (Å²) >= 11 is 0. The molecule has 1 amide bonds. The van der Waals surface area contributed by atoms with Gasteiger partial charge in [-0.2, -0.15) is 0 Å². The summed E-state index contributed by atoms with van der Waals surface area (Å²) in [5.74, 6) is 0.506. The Balaban J connectivity index is 1.80. The van der Waals surface area contributed by atoms with Gasteiger partial charge in [0.25, 0.3) is 0 Å². The van der Waals surface area contributed by atoms with Crippen molar-refractivity contribution < 1.29 is 9.90 Å². The summed E-state index contributed by atoms with van der Waals surface area (Å²) < 4.78 is 0. The number of pyridine rings is 1. The molecular formula is C13H16N2O2. The summed E-state index contributed by atoms with van der Waals surface area (Å²) in [6.45, 7) is 0. The molecule has 0 radical (unpaired) electrons. The number of carbonyl (C=O) groups is 1. The van der Waals surface area contributed by atoms with Crippen LogP contribution >= 0.6 is 0 Å². The van der Waals surface area contributed by atoms with Gasteiger partial charge in [-0.25, -0.2) is 4.79 Å². The van der Waals surface area contributed by atoms with E-state index in [0.29, 0.717) is 5.92 Å². The number of piperidine rings is 1. The van der Waals surface area contributed by atoms with Gasteiger partial charge < -0.3 is 10.0 Å². The van der Waals surface area contributed by atoms with Crippen molar-refractivity contribution in [2.75, 3.05) is 0 Å². The van der Waals surface area contributed by atoms with Crippen molar-refractivity contribution in [3.63, 3.8) is 0 Å². The lowest BCUT2D eigenvalue weighted by Gasteiger charge is -2.37. The normalized spacial score (nSPS) is 31.5. The van der Waals surface area contributed by atoms with E-state index in [-0.39, 0.29) is 12.1 Å². The van der Waals surface area contributed by atoms with E-state index >= 15 is 0 Å². The third-order valence-electron chi connectivity index (χ3n) is 4.13. The van der Waals surface area contributed by atoms with E-state index in [0.717, 1.165) is 25.7 Å². The molecule has 90 valence electrons. The Hall–Kier alpha value is -1.58. The highest BCUT2D eigenvalue weighted by atomic mass is 16.4. The predicted molar refractivity (Wildman–Crippen MR) is 62.9 cm³/mol. The van der Waals surface area contributed by atoms with Crippen molar-refractivity contribution in [1.82, 2.24) is 9.88 Å². The van der Waals surface area contributed by atoms with Crippen LogP contribution in [0.5, 0.6) is 0 Å². The molecule has 2 saturated heterocycles. The van der Waals surface area contributed by atoms with Crippen LogP contribution < -0.4 is 0 Å². The maximum absolute atomic E-state index is 11.2. The van der Waals surface area contributed by atoms with Gasteiger partial charge in [-0.1, -0.05) is 0 Å². The topological polar surface area (TPSA) is 53.4 Å². The Labute approximate surface area is 100 Å². The molecule has 4 heteroatoms. The van der Waals surface area contributed by atoms with Gasteiger partial charge in [0, 0.05) is 24.5 Å². The van der Waals surface area contributed by atoms with Gasteiger partial charge in [-0.05, 0) is 49.3 Å². The zero-order valence-corrected chi connectivity index (χ0v) is 9.62. The third-order valence-corrected chi connectivity index (χ3v) is 4.13. The van der Waals surface area contributed by atoms with Crippen molar-refractivity contribution in [2.45, 2.75) is 43.7 Å². The highest BCUT2D eigenvalue weighted by molar-refractivity contribution is 5.66. The maximum Gasteiger partial charge on any atom is 0.407 e. The molecule has 3 atom stereocenters. The van der Waals surface area contributed by atoms with E-state index in [1.807, 2.05) is 12.4 Å². The Kier molecular flexibility index (Phi) is 2.50. The average Bonchev–Trinajstić information content (AvgIpc) is 2.62. The number of nitrogens with zero attached hydrogens (tertiary/aromatic N) is 2. The van der Waals surface area contributed by atoms with Crippen molar-refractivity contribution in [3.05, 3.63) is 30.1 Å². The van der Waals surface area contributed by atoms with Crippen LogP contribution in [0.15, 0.2) is 24.5 Å². The molecule has 0 saturated carbocycles. The fourth-order valence-electron chi connectivity index (χ4n) is 3.40. The van der Waals surface area contributed by atoms with Crippen LogP contribution in [0.25, 0.3) is 0 Å². The molecule has 0 aromatic carbocycles. The van der Waals surface area contributed by atoms with Gasteiger partial charge in [0.2, 0.25) is 0 Å². The lowest BCUT2D eigenvalue weighted by Crippen LogP contribution is -2.45. The summed E-state index contributed by atoms with van der Waals surface area (Å²) in [5, 5.41) is 9.19. The number of carboxylic acid groups (broad SMARTS) is 1. The summed E-state index contributed by atoms with van der Waals surface area (Å²) in [6, 6.07) is 4.56. The Morgan fingerprint density at radius 1 is 1.24 bits per heavy atom. The number of hydrogen-bond acceptors (Lipinski definition) is 2. The largest absolute Gasteiger partial charge is 0.465 e. The molecule has 0 unspecified atom stereocenters. The fraction of sp³-hybridized carbons (Fsp3) is 0.538. The monoisotopic (exact) mass is 232 g/mol. The first-order valence-corrected chi connectivity index (χ1v) is 6.17. The SMILES string of the molecule is O=C(O)N1[C@@H]2CC[C@H]1C[C@H](c1ccncc1)C2. The van der Waals surface area contributed by atoms with Crippen LogP contribution in [-0.2, 0) is 0 Å². The molecule has 17 heavy (non-hydrogen) atoms. The second-order valence-corrected chi connectivity index (χ2v) is 5.02. The molecule has 0 spiro atoms. The molecular weight excluding hydrogens is 216 g/mol. The van der Waals surface area contributed by atoms with Crippen LogP contribution in [0, 0.1) is 0 Å². The predicted octanol–water partition coefficient (Wildman–Crippen LogP) is 2.47. The second-order valence-electron chi connectivity index (χ2n) is 5.02. The Morgan fingerprint density at radius 3 is 2.35 bits per heavy atom. The lowest BCUT2D eigenvalue weighted by molar-refractivity contribution is 0.0965.